The number of hydrogen-bond donors (Lipinski definition) is 2. The molecule has 1 aliphatic rings. The number of rotatable bonds is 7. The quantitative estimate of drug-likeness (QED) is 0.656. The molecule has 0 spiro atoms. The fraction of sp³-hybridized carbons (Fsp3) is 0.389. The number of nitrogens with zero attached hydrogens (tertiary/aromatic N) is 1. The first-order chi connectivity index (χ1) is 13.3. The van der Waals surface area contributed by atoms with Crippen molar-refractivity contribution in [2.75, 3.05) is 25.0 Å². The van der Waals surface area contributed by atoms with Crippen molar-refractivity contribution in [2.45, 2.75) is 29.5 Å². The van der Waals surface area contributed by atoms with E-state index in [9.17, 15) is 13.2 Å². The maximum absolute atomic E-state index is 12.3. The Kier molecular flexibility index (Phi) is 7.36. The summed E-state index contributed by atoms with van der Waals surface area (Å²) in [7, 11) is -3.44. The number of carbonyl (C=O) groups is 1. The van der Waals surface area contributed by atoms with E-state index in [0.29, 0.717) is 45.7 Å². The van der Waals surface area contributed by atoms with Crippen molar-refractivity contribution < 1.29 is 13.2 Å². The van der Waals surface area contributed by atoms with E-state index in [-0.39, 0.29) is 11.9 Å². The normalized spacial score (nSPS) is 16.2. The number of thiophene rings is 1. The first kappa shape index (κ1) is 21.5. The molecule has 2 N–H and O–H groups in total. The van der Waals surface area contributed by atoms with Gasteiger partial charge in [0.2, 0.25) is 15.9 Å². The van der Waals surface area contributed by atoms with Crippen molar-refractivity contribution in [1.29, 1.82) is 0 Å². The number of halogens is 2. The van der Waals surface area contributed by atoms with Gasteiger partial charge in [-0.05, 0) is 49.5 Å². The number of anilines is 1. The van der Waals surface area contributed by atoms with Gasteiger partial charge in [0, 0.05) is 19.0 Å². The molecule has 6 nitrogen and oxygen atoms in total. The Bertz CT molecular complexity index is 892. The highest BCUT2D eigenvalue weighted by molar-refractivity contribution is 7.91. The molecule has 0 bridgehead atoms. The van der Waals surface area contributed by atoms with Crippen molar-refractivity contribution in [3.63, 3.8) is 0 Å². The third-order valence-electron chi connectivity index (χ3n) is 4.55. The minimum atomic E-state index is -3.44. The number of nitrogens with one attached hydrogen (secondary N) is 2. The molecule has 1 amide bonds. The summed E-state index contributed by atoms with van der Waals surface area (Å²) in [5.41, 5.74) is 0.428. The third-order valence-corrected chi connectivity index (χ3v) is 8.10. The van der Waals surface area contributed by atoms with E-state index >= 15 is 0 Å². The molecule has 2 heterocycles. The SMILES string of the molecule is O=C(CCN1CCC(NS(=O)(=O)c2cccs2)CC1)Nc1c(Cl)cccc1Cl. The van der Waals surface area contributed by atoms with E-state index in [1.54, 1.807) is 35.7 Å². The molecule has 1 aromatic heterocycles. The lowest BCUT2D eigenvalue weighted by atomic mass is 10.1. The lowest BCUT2D eigenvalue weighted by Crippen LogP contribution is -2.45. The zero-order valence-electron chi connectivity index (χ0n) is 15.0. The average molecular weight is 462 g/mol. The van der Waals surface area contributed by atoms with Crippen molar-refractivity contribution in [3.05, 3.63) is 45.8 Å². The molecule has 0 radical (unpaired) electrons. The molecule has 1 aromatic carbocycles. The fourth-order valence-electron chi connectivity index (χ4n) is 3.05. The second kappa shape index (κ2) is 9.56. The van der Waals surface area contributed by atoms with Crippen molar-refractivity contribution in [3.8, 4) is 0 Å². The summed E-state index contributed by atoms with van der Waals surface area (Å²) in [6.07, 6.45) is 1.73. The van der Waals surface area contributed by atoms with Gasteiger partial charge in [0.1, 0.15) is 4.21 Å². The van der Waals surface area contributed by atoms with Crippen LogP contribution in [-0.2, 0) is 14.8 Å². The number of amides is 1. The summed E-state index contributed by atoms with van der Waals surface area (Å²) in [4.78, 5) is 14.4. The van der Waals surface area contributed by atoms with Crippen molar-refractivity contribution in [2.24, 2.45) is 0 Å². The summed E-state index contributed by atoms with van der Waals surface area (Å²) in [5.74, 6) is -0.157. The van der Waals surface area contributed by atoms with Gasteiger partial charge in [-0.25, -0.2) is 13.1 Å². The van der Waals surface area contributed by atoms with Crippen LogP contribution in [0.15, 0.2) is 39.9 Å². The van der Waals surface area contributed by atoms with Crippen LogP contribution < -0.4 is 10.0 Å². The molecule has 10 heteroatoms. The van der Waals surface area contributed by atoms with Gasteiger partial charge in [-0.15, -0.1) is 11.3 Å². The first-order valence-electron chi connectivity index (χ1n) is 8.87. The highest BCUT2D eigenvalue weighted by atomic mass is 35.5. The minimum Gasteiger partial charge on any atom is -0.324 e. The summed E-state index contributed by atoms with van der Waals surface area (Å²) >= 11 is 13.3. The summed E-state index contributed by atoms with van der Waals surface area (Å²) in [6.45, 7) is 2.06. The molecule has 152 valence electrons. The first-order valence-corrected chi connectivity index (χ1v) is 12.0. The zero-order valence-corrected chi connectivity index (χ0v) is 18.2. The molecule has 1 saturated heterocycles. The number of sulfonamides is 1. The number of hydrogen-bond acceptors (Lipinski definition) is 5. The third kappa shape index (κ3) is 5.68. The molecular formula is C18H21Cl2N3O3S2. The lowest BCUT2D eigenvalue weighted by molar-refractivity contribution is -0.116. The van der Waals surface area contributed by atoms with Crippen LogP contribution in [0.2, 0.25) is 10.0 Å². The number of likely N-dealkylation sites (tertiary alicyclic amines) is 1. The molecule has 0 aliphatic carbocycles. The Labute approximate surface area is 178 Å². The lowest BCUT2D eigenvalue weighted by Gasteiger charge is -2.31. The van der Waals surface area contributed by atoms with Crippen molar-refractivity contribution >= 4 is 56.2 Å². The highest BCUT2D eigenvalue weighted by Crippen LogP contribution is 2.29. The van der Waals surface area contributed by atoms with Crippen LogP contribution in [0.3, 0.4) is 0 Å². The predicted molar refractivity (Wildman–Crippen MR) is 114 cm³/mol. The summed E-state index contributed by atoms with van der Waals surface area (Å²) in [5, 5.41) is 5.31. The van der Waals surface area contributed by atoms with E-state index < -0.39 is 10.0 Å². The topological polar surface area (TPSA) is 78.5 Å². The molecule has 1 aliphatic heterocycles. The fourth-order valence-corrected chi connectivity index (χ4v) is 5.85. The molecule has 2 aromatic rings. The van der Waals surface area contributed by atoms with Gasteiger partial charge >= 0.3 is 0 Å². The molecule has 0 atom stereocenters. The van der Waals surface area contributed by atoms with Gasteiger partial charge in [0.25, 0.3) is 0 Å². The van der Waals surface area contributed by atoms with Crippen LogP contribution >= 0.6 is 34.5 Å². The molecule has 28 heavy (non-hydrogen) atoms. The Morgan fingerprint density at radius 3 is 2.43 bits per heavy atom. The second-order valence-electron chi connectivity index (χ2n) is 6.56. The van der Waals surface area contributed by atoms with Crippen LogP contribution in [0.25, 0.3) is 0 Å². The molecular weight excluding hydrogens is 441 g/mol. The Balaban J connectivity index is 1.43. The predicted octanol–water partition coefficient (Wildman–Crippen LogP) is 3.83. The Morgan fingerprint density at radius 1 is 1.14 bits per heavy atom. The number of carbonyl (C=O) groups excluding carboxylic acids is 1. The zero-order chi connectivity index (χ0) is 20.1. The van der Waals surface area contributed by atoms with E-state index in [2.05, 4.69) is 14.9 Å². The Morgan fingerprint density at radius 2 is 1.82 bits per heavy atom. The molecule has 0 saturated carbocycles. The van der Waals surface area contributed by atoms with Crippen LogP contribution in [0.4, 0.5) is 5.69 Å². The standard InChI is InChI=1S/C18H21Cl2N3O3S2/c19-14-3-1-4-15(20)18(14)21-16(24)8-11-23-9-6-13(7-10-23)22-28(25,26)17-5-2-12-27-17/h1-5,12-13,22H,6-11H2,(H,21,24). The van der Waals surface area contributed by atoms with Gasteiger partial charge in [-0.2, -0.15) is 0 Å². The van der Waals surface area contributed by atoms with Gasteiger partial charge in [0.15, 0.2) is 0 Å². The van der Waals surface area contributed by atoms with E-state index in [1.165, 1.54) is 11.3 Å². The largest absolute Gasteiger partial charge is 0.324 e. The maximum Gasteiger partial charge on any atom is 0.250 e. The van der Waals surface area contributed by atoms with Crippen LogP contribution in [0.5, 0.6) is 0 Å². The second-order valence-corrected chi connectivity index (χ2v) is 10.3. The van der Waals surface area contributed by atoms with E-state index in [0.717, 1.165) is 13.1 Å². The van der Waals surface area contributed by atoms with Crippen molar-refractivity contribution in [1.82, 2.24) is 9.62 Å². The summed E-state index contributed by atoms with van der Waals surface area (Å²) < 4.78 is 27.7. The molecule has 3 rings (SSSR count). The number of para-hydroxylation sites is 1. The average Bonchev–Trinajstić information content (AvgIpc) is 3.20. The number of piperidine rings is 1. The van der Waals surface area contributed by atoms with Crippen LogP contribution in [0, 0.1) is 0 Å². The van der Waals surface area contributed by atoms with Crippen LogP contribution in [-0.4, -0.2) is 44.9 Å². The van der Waals surface area contributed by atoms with Gasteiger partial charge in [0.05, 0.1) is 15.7 Å². The van der Waals surface area contributed by atoms with Gasteiger partial charge in [-0.3, -0.25) is 4.79 Å². The number of benzene rings is 1. The molecule has 1 fully saturated rings. The highest BCUT2D eigenvalue weighted by Gasteiger charge is 2.25. The van der Waals surface area contributed by atoms with E-state index in [1.807, 2.05) is 0 Å². The summed E-state index contributed by atoms with van der Waals surface area (Å²) in [6, 6.07) is 8.31. The van der Waals surface area contributed by atoms with Gasteiger partial charge in [-0.1, -0.05) is 35.3 Å². The maximum atomic E-state index is 12.3. The Hall–Kier alpha value is -1.16. The minimum absolute atomic E-state index is 0.0842. The smallest absolute Gasteiger partial charge is 0.250 e. The monoisotopic (exact) mass is 461 g/mol. The molecule has 0 unspecified atom stereocenters. The van der Waals surface area contributed by atoms with Crippen LogP contribution in [0.1, 0.15) is 19.3 Å². The van der Waals surface area contributed by atoms with Gasteiger partial charge < -0.3 is 10.2 Å². The van der Waals surface area contributed by atoms with E-state index in [4.69, 9.17) is 23.2 Å².